The molecule has 0 fully saturated rings. The van der Waals surface area contributed by atoms with Gasteiger partial charge in [-0.15, -0.1) is 0 Å². The third kappa shape index (κ3) is 3.14. The standard InChI is InChI=1S/C24H21NO3/c1-15-4-6-17(7-5-15)23-22(16-8-10-18(27-2)11-9-16)20-13-12-19(28-3)14-21(20)24(26)25-23/h4-14H,1-3H3,(H,25,26). The Balaban J connectivity index is 2.06. The molecule has 140 valence electrons. The first-order chi connectivity index (χ1) is 13.6. The lowest BCUT2D eigenvalue weighted by atomic mass is 9.93. The predicted octanol–water partition coefficient (Wildman–Crippen LogP) is 5.19. The first kappa shape index (κ1) is 17.9. The number of pyridine rings is 1. The quantitative estimate of drug-likeness (QED) is 0.537. The highest BCUT2D eigenvalue weighted by Crippen LogP contribution is 2.37. The highest BCUT2D eigenvalue weighted by Gasteiger charge is 2.16. The van der Waals surface area contributed by atoms with Crippen LogP contribution >= 0.6 is 0 Å². The Bertz CT molecular complexity index is 1190. The first-order valence-corrected chi connectivity index (χ1v) is 9.06. The van der Waals surface area contributed by atoms with E-state index in [0.717, 1.165) is 33.5 Å². The molecule has 0 unspecified atom stereocenters. The number of ether oxygens (including phenoxy) is 2. The Morgan fingerprint density at radius 1 is 0.714 bits per heavy atom. The number of aryl methyl sites for hydroxylation is 1. The Morgan fingerprint density at radius 2 is 1.32 bits per heavy atom. The predicted molar refractivity (Wildman–Crippen MR) is 113 cm³/mol. The van der Waals surface area contributed by atoms with Crippen molar-refractivity contribution in [3.63, 3.8) is 0 Å². The van der Waals surface area contributed by atoms with E-state index >= 15 is 0 Å². The minimum atomic E-state index is -0.137. The average molecular weight is 371 g/mol. The molecule has 4 heteroatoms. The molecule has 0 saturated heterocycles. The van der Waals surface area contributed by atoms with Crippen molar-refractivity contribution in [2.24, 2.45) is 0 Å². The van der Waals surface area contributed by atoms with Gasteiger partial charge in [-0.1, -0.05) is 42.0 Å². The lowest BCUT2D eigenvalue weighted by Gasteiger charge is -2.15. The summed E-state index contributed by atoms with van der Waals surface area (Å²) < 4.78 is 10.6. The van der Waals surface area contributed by atoms with Gasteiger partial charge in [0.25, 0.3) is 5.56 Å². The highest BCUT2D eigenvalue weighted by atomic mass is 16.5. The van der Waals surface area contributed by atoms with Crippen molar-refractivity contribution in [2.45, 2.75) is 6.92 Å². The molecule has 0 amide bonds. The zero-order valence-electron chi connectivity index (χ0n) is 16.1. The fraction of sp³-hybridized carbons (Fsp3) is 0.125. The number of rotatable bonds is 4. The maximum absolute atomic E-state index is 12.9. The van der Waals surface area contributed by atoms with Gasteiger partial charge in [0, 0.05) is 5.56 Å². The van der Waals surface area contributed by atoms with E-state index in [1.54, 1.807) is 20.3 Å². The Hall–Kier alpha value is -3.53. The van der Waals surface area contributed by atoms with Crippen LogP contribution in [0.4, 0.5) is 0 Å². The lowest BCUT2D eigenvalue weighted by molar-refractivity contribution is 0.415. The number of aromatic amines is 1. The Kier molecular flexibility index (Phi) is 4.62. The molecule has 0 atom stereocenters. The average Bonchev–Trinajstić information content (AvgIpc) is 2.74. The Labute approximate surface area is 163 Å². The largest absolute Gasteiger partial charge is 0.497 e. The van der Waals surface area contributed by atoms with Gasteiger partial charge >= 0.3 is 0 Å². The normalized spacial score (nSPS) is 10.8. The van der Waals surface area contributed by atoms with Crippen LogP contribution in [0.2, 0.25) is 0 Å². The van der Waals surface area contributed by atoms with Gasteiger partial charge in [0.2, 0.25) is 0 Å². The van der Waals surface area contributed by atoms with Gasteiger partial charge in [-0.3, -0.25) is 4.79 Å². The second-order valence-corrected chi connectivity index (χ2v) is 6.71. The summed E-state index contributed by atoms with van der Waals surface area (Å²) in [5.74, 6) is 1.44. The van der Waals surface area contributed by atoms with Crippen LogP contribution in [-0.2, 0) is 0 Å². The van der Waals surface area contributed by atoms with Gasteiger partial charge in [-0.25, -0.2) is 0 Å². The molecule has 3 aromatic carbocycles. The minimum absolute atomic E-state index is 0.137. The topological polar surface area (TPSA) is 51.3 Å². The Morgan fingerprint density at radius 3 is 1.96 bits per heavy atom. The molecule has 1 aromatic heterocycles. The van der Waals surface area contributed by atoms with Crippen LogP contribution in [0, 0.1) is 6.92 Å². The summed E-state index contributed by atoms with van der Waals surface area (Å²) >= 11 is 0. The van der Waals surface area contributed by atoms with Crippen LogP contribution < -0.4 is 15.0 Å². The second kappa shape index (κ2) is 7.24. The van der Waals surface area contributed by atoms with E-state index < -0.39 is 0 Å². The van der Waals surface area contributed by atoms with Gasteiger partial charge in [0.05, 0.1) is 25.3 Å². The molecule has 0 aliphatic carbocycles. The molecule has 4 rings (SSSR count). The third-order valence-corrected chi connectivity index (χ3v) is 4.95. The van der Waals surface area contributed by atoms with Gasteiger partial charge in [0.1, 0.15) is 11.5 Å². The van der Waals surface area contributed by atoms with Crippen LogP contribution in [-0.4, -0.2) is 19.2 Å². The summed E-state index contributed by atoms with van der Waals surface area (Å²) in [7, 11) is 3.24. The van der Waals surface area contributed by atoms with Gasteiger partial charge in [-0.05, 0) is 53.8 Å². The van der Waals surface area contributed by atoms with Crippen molar-refractivity contribution in [2.75, 3.05) is 14.2 Å². The number of hydrogen-bond donors (Lipinski definition) is 1. The molecule has 0 spiro atoms. The number of H-pyrrole nitrogens is 1. The molecule has 0 radical (unpaired) electrons. The number of hydrogen-bond acceptors (Lipinski definition) is 3. The zero-order chi connectivity index (χ0) is 19.7. The number of methoxy groups -OCH3 is 2. The van der Waals surface area contributed by atoms with Crippen molar-refractivity contribution in [3.8, 4) is 33.9 Å². The van der Waals surface area contributed by atoms with E-state index in [0.29, 0.717) is 11.1 Å². The molecule has 1 N–H and O–H groups in total. The van der Waals surface area contributed by atoms with E-state index in [4.69, 9.17) is 9.47 Å². The van der Waals surface area contributed by atoms with E-state index in [9.17, 15) is 4.79 Å². The van der Waals surface area contributed by atoms with Crippen molar-refractivity contribution in [1.82, 2.24) is 4.98 Å². The van der Waals surface area contributed by atoms with Crippen LogP contribution in [0.3, 0.4) is 0 Å². The number of fused-ring (bicyclic) bond motifs is 1. The summed E-state index contributed by atoms with van der Waals surface area (Å²) in [5.41, 5.74) is 4.77. The maximum Gasteiger partial charge on any atom is 0.256 e. The van der Waals surface area contributed by atoms with Crippen LogP contribution in [0.5, 0.6) is 11.5 Å². The molecule has 4 nitrogen and oxygen atoms in total. The maximum atomic E-state index is 12.9. The first-order valence-electron chi connectivity index (χ1n) is 9.06. The van der Waals surface area contributed by atoms with E-state index in [1.165, 1.54) is 5.56 Å². The molecule has 4 aromatic rings. The SMILES string of the molecule is COc1ccc(-c2c(-c3ccc(C)cc3)[nH]c(=O)c3cc(OC)ccc23)cc1. The van der Waals surface area contributed by atoms with Gasteiger partial charge in [0.15, 0.2) is 0 Å². The molecule has 0 bridgehead atoms. The van der Waals surface area contributed by atoms with Crippen LogP contribution in [0.25, 0.3) is 33.2 Å². The van der Waals surface area contributed by atoms with Crippen LogP contribution in [0.1, 0.15) is 5.56 Å². The summed E-state index contributed by atoms with van der Waals surface area (Å²) in [6.07, 6.45) is 0. The van der Waals surface area contributed by atoms with E-state index in [2.05, 4.69) is 4.98 Å². The molecular formula is C24H21NO3. The van der Waals surface area contributed by atoms with Crippen molar-refractivity contribution < 1.29 is 9.47 Å². The van der Waals surface area contributed by atoms with Crippen molar-refractivity contribution in [1.29, 1.82) is 0 Å². The fourth-order valence-corrected chi connectivity index (χ4v) is 3.43. The molecule has 0 saturated carbocycles. The van der Waals surface area contributed by atoms with Gasteiger partial charge in [-0.2, -0.15) is 0 Å². The molecule has 0 aliphatic rings. The summed E-state index contributed by atoms with van der Waals surface area (Å²) in [4.78, 5) is 16.0. The lowest BCUT2D eigenvalue weighted by Crippen LogP contribution is -2.09. The summed E-state index contributed by atoms with van der Waals surface area (Å²) in [6, 6.07) is 21.6. The van der Waals surface area contributed by atoms with Crippen LogP contribution in [0.15, 0.2) is 71.5 Å². The summed E-state index contributed by atoms with van der Waals surface area (Å²) in [6.45, 7) is 2.05. The molecule has 28 heavy (non-hydrogen) atoms. The van der Waals surface area contributed by atoms with Crippen molar-refractivity contribution in [3.05, 3.63) is 82.6 Å². The fourth-order valence-electron chi connectivity index (χ4n) is 3.43. The zero-order valence-corrected chi connectivity index (χ0v) is 16.1. The minimum Gasteiger partial charge on any atom is -0.497 e. The second-order valence-electron chi connectivity index (χ2n) is 6.71. The summed E-state index contributed by atoms with van der Waals surface area (Å²) in [5, 5.41) is 1.48. The van der Waals surface area contributed by atoms with E-state index in [-0.39, 0.29) is 5.56 Å². The van der Waals surface area contributed by atoms with E-state index in [1.807, 2.05) is 67.6 Å². The number of benzene rings is 3. The smallest absolute Gasteiger partial charge is 0.256 e. The number of aromatic nitrogens is 1. The third-order valence-electron chi connectivity index (χ3n) is 4.95. The number of nitrogens with one attached hydrogen (secondary N) is 1. The van der Waals surface area contributed by atoms with Crippen molar-refractivity contribution >= 4 is 10.8 Å². The molecule has 1 heterocycles. The highest BCUT2D eigenvalue weighted by molar-refractivity contribution is 6.02. The monoisotopic (exact) mass is 371 g/mol. The molecule has 0 aliphatic heterocycles. The van der Waals surface area contributed by atoms with Gasteiger partial charge < -0.3 is 14.5 Å². The molecular weight excluding hydrogens is 350 g/mol.